The average molecular weight is 549 g/mol. The van der Waals surface area contributed by atoms with Crippen molar-refractivity contribution in [2.45, 2.75) is 22.3 Å². The van der Waals surface area contributed by atoms with Crippen molar-refractivity contribution in [3.05, 3.63) is 96.6 Å². The zero-order valence-electron chi connectivity index (χ0n) is 20.8. The Morgan fingerprint density at radius 2 is 1.62 bits per heavy atom. The van der Waals surface area contributed by atoms with Gasteiger partial charge in [0.25, 0.3) is 0 Å². The van der Waals surface area contributed by atoms with Gasteiger partial charge >= 0.3 is 12.0 Å². The van der Waals surface area contributed by atoms with E-state index in [0.29, 0.717) is 17.8 Å². The lowest BCUT2D eigenvalue weighted by atomic mass is 10.0. The lowest BCUT2D eigenvalue weighted by Gasteiger charge is -2.18. The molecule has 11 heteroatoms. The van der Waals surface area contributed by atoms with Gasteiger partial charge in [0, 0.05) is 25.2 Å². The minimum atomic E-state index is -3.92. The molecule has 0 saturated heterocycles. The molecule has 10 nitrogen and oxygen atoms in total. The number of carbonyl (C=O) groups is 3. The number of carboxylic acids is 1. The molecule has 39 heavy (non-hydrogen) atoms. The molecule has 1 heterocycles. The quantitative estimate of drug-likeness (QED) is 0.258. The number of carboxylic acid groups (broad SMARTS) is 1. The van der Waals surface area contributed by atoms with Gasteiger partial charge in [0.15, 0.2) is 0 Å². The number of para-hydroxylation sites is 1. The summed E-state index contributed by atoms with van der Waals surface area (Å²) in [7, 11) is -3.92. The van der Waals surface area contributed by atoms with Gasteiger partial charge in [-0.05, 0) is 42.0 Å². The van der Waals surface area contributed by atoms with Crippen LogP contribution < -0.4 is 21.3 Å². The van der Waals surface area contributed by atoms with Crippen molar-refractivity contribution < 1.29 is 27.9 Å². The molecule has 1 aliphatic heterocycles. The molecule has 3 aromatic rings. The fourth-order valence-electron chi connectivity index (χ4n) is 4.05. The van der Waals surface area contributed by atoms with Gasteiger partial charge in [-0.2, -0.15) is 0 Å². The number of benzene rings is 3. The Morgan fingerprint density at radius 3 is 2.28 bits per heavy atom. The fourth-order valence-corrected chi connectivity index (χ4v) is 5.48. The SMILES string of the molecule is O=C(Nc1ccccc1S(=O)(=O)c1ccccc1)N[C@@H](Cc1ccc(NC(=O)C2C=CCNC2)cc1)C(=O)O. The van der Waals surface area contributed by atoms with Crippen LogP contribution >= 0.6 is 0 Å². The molecule has 202 valence electrons. The normalized spacial score (nSPS) is 15.6. The zero-order valence-corrected chi connectivity index (χ0v) is 21.6. The van der Waals surface area contributed by atoms with Gasteiger partial charge in [-0.25, -0.2) is 18.0 Å². The molecule has 0 spiro atoms. The van der Waals surface area contributed by atoms with Gasteiger partial charge in [0.2, 0.25) is 15.7 Å². The predicted octanol–water partition coefficient (Wildman–Crippen LogP) is 3.05. The van der Waals surface area contributed by atoms with Gasteiger partial charge in [-0.1, -0.05) is 54.6 Å². The number of urea groups is 1. The van der Waals surface area contributed by atoms with E-state index in [1.165, 1.54) is 30.3 Å². The first-order valence-electron chi connectivity index (χ1n) is 12.2. The summed E-state index contributed by atoms with van der Waals surface area (Å²) in [5.41, 5.74) is 1.20. The molecule has 0 fully saturated rings. The summed E-state index contributed by atoms with van der Waals surface area (Å²) in [4.78, 5) is 36.9. The second-order valence-electron chi connectivity index (χ2n) is 8.89. The Kier molecular flexibility index (Phi) is 8.74. The van der Waals surface area contributed by atoms with Gasteiger partial charge in [-0.3, -0.25) is 4.79 Å². The van der Waals surface area contributed by atoms with Crippen molar-refractivity contribution in [2.75, 3.05) is 23.7 Å². The Morgan fingerprint density at radius 1 is 0.923 bits per heavy atom. The maximum absolute atomic E-state index is 13.1. The monoisotopic (exact) mass is 548 g/mol. The van der Waals surface area contributed by atoms with Crippen molar-refractivity contribution in [3.63, 3.8) is 0 Å². The molecule has 0 aliphatic carbocycles. The van der Waals surface area contributed by atoms with Crippen molar-refractivity contribution in [1.82, 2.24) is 10.6 Å². The summed E-state index contributed by atoms with van der Waals surface area (Å²) >= 11 is 0. The van der Waals surface area contributed by atoms with E-state index >= 15 is 0 Å². The molecule has 0 aromatic heterocycles. The highest BCUT2D eigenvalue weighted by molar-refractivity contribution is 7.91. The van der Waals surface area contributed by atoms with E-state index in [9.17, 15) is 27.9 Å². The van der Waals surface area contributed by atoms with Crippen molar-refractivity contribution in [1.29, 1.82) is 0 Å². The van der Waals surface area contributed by atoms with E-state index in [2.05, 4.69) is 21.3 Å². The standard InChI is InChI=1S/C28H28N4O6S/c33-26(20-7-6-16-29-18-20)30-21-14-12-19(13-15-21)17-24(27(34)35)32-28(36)31-23-10-4-5-11-25(23)39(37,38)22-8-2-1-3-9-22/h1-15,20,24,29H,16-18H2,(H,30,33)(H,34,35)(H2,31,32,36)/t20?,24-/m0/s1. The van der Waals surface area contributed by atoms with Crippen LogP contribution in [0.2, 0.25) is 0 Å². The van der Waals surface area contributed by atoms with Crippen LogP contribution in [-0.4, -0.2) is 50.6 Å². The van der Waals surface area contributed by atoms with Crippen LogP contribution in [0.1, 0.15) is 5.56 Å². The molecule has 5 N–H and O–H groups in total. The van der Waals surface area contributed by atoms with E-state index in [4.69, 9.17) is 0 Å². The highest BCUT2D eigenvalue weighted by Crippen LogP contribution is 2.27. The summed E-state index contributed by atoms with van der Waals surface area (Å²) in [6, 6.07) is 18.2. The largest absolute Gasteiger partial charge is 0.480 e. The predicted molar refractivity (Wildman–Crippen MR) is 146 cm³/mol. The van der Waals surface area contributed by atoms with Crippen LogP contribution in [-0.2, 0) is 25.8 Å². The molecule has 3 aromatic carbocycles. The molecule has 1 aliphatic rings. The summed E-state index contributed by atoms with van der Waals surface area (Å²) in [5.74, 6) is -1.68. The number of rotatable bonds is 9. The van der Waals surface area contributed by atoms with E-state index in [1.807, 2.05) is 12.2 Å². The number of nitrogens with one attached hydrogen (secondary N) is 4. The van der Waals surface area contributed by atoms with Crippen molar-refractivity contribution >= 4 is 39.1 Å². The van der Waals surface area contributed by atoms with Crippen molar-refractivity contribution in [3.8, 4) is 0 Å². The number of hydrogen-bond donors (Lipinski definition) is 5. The fraction of sp³-hybridized carbons (Fsp3) is 0.179. The van der Waals surface area contributed by atoms with Gasteiger partial charge < -0.3 is 26.4 Å². The summed E-state index contributed by atoms with van der Waals surface area (Å²) in [5, 5.41) is 20.5. The average Bonchev–Trinajstić information content (AvgIpc) is 2.94. The highest BCUT2D eigenvalue weighted by atomic mass is 32.2. The molecule has 0 radical (unpaired) electrons. The summed E-state index contributed by atoms with van der Waals surface area (Å²) in [6.07, 6.45) is 3.72. The molecule has 2 atom stereocenters. The number of anilines is 2. The first kappa shape index (κ1) is 27.6. The Labute approximate surface area is 226 Å². The number of hydrogen-bond acceptors (Lipinski definition) is 6. The van der Waals surface area contributed by atoms with E-state index in [1.54, 1.807) is 48.5 Å². The second kappa shape index (κ2) is 12.4. The van der Waals surface area contributed by atoms with E-state index in [0.717, 1.165) is 6.54 Å². The minimum Gasteiger partial charge on any atom is -0.480 e. The highest BCUT2D eigenvalue weighted by Gasteiger charge is 2.24. The van der Waals surface area contributed by atoms with Gasteiger partial charge in [-0.15, -0.1) is 0 Å². The van der Waals surface area contributed by atoms with Crippen LogP contribution in [0, 0.1) is 5.92 Å². The first-order chi connectivity index (χ1) is 18.7. The molecule has 0 saturated carbocycles. The Bertz CT molecular complexity index is 1470. The lowest BCUT2D eigenvalue weighted by Crippen LogP contribution is -2.44. The molecule has 4 rings (SSSR count). The topological polar surface area (TPSA) is 154 Å². The number of amides is 3. The Balaban J connectivity index is 1.40. The smallest absolute Gasteiger partial charge is 0.326 e. The first-order valence-corrected chi connectivity index (χ1v) is 13.7. The van der Waals surface area contributed by atoms with Gasteiger partial charge in [0.1, 0.15) is 6.04 Å². The third-order valence-corrected chi connectivity index (χ3v) is 7.90. The van der Waals surface area contributed by atoms with Crippen LogP contribution in [0.5, 0.6) is 0 Å². The van der Waals surface area contributed by atoms with Gasteiger partial charge in [0.05, 0.1) is 21.4 Å². The lowest BCUT2D eigenvalue weighted by molar-refractivity contribution is -0.139. The van der Waals surface area contributed by atoms with Crippen LogP contribution in [0.15, 0.2) is 101 Å². The van der Waals surface area contributed by atoms with Crippen LogP contribution in [0.25, 0.3) is 0 Å². The molecule has 0 bridgehead atoms. The van der Waals surface area contributed by atoms with E-state index < -0.39 is 27.9 Å². The molecular weight excluding hydrogens is 520 g/mol. The van der Waals surface area contributed by atoms with Crippen molar-refractivity contribution in [2.24, 2.45) is 5.92 Å². The Hall–Kier alpha value is -4.48. The summed E-state index contributed by atoms with van der Waals surface area (Å²) in [6.45, 7) is 1.28. The second-order valence-corrected chi connectivity index (χ2v) is 10.8. The molecule has 3 amide bonds. The third kappa shape index (κ3) is 7.09. The number of sulfone groups is 1. The maximum atomic E-state index is 13.1. The van der Waals surface area contributed by atoms with E-state index in [-0.39, 0.29) is 33.7 Å². The molecule has 1 unspecified atom stereocenters. The number of carbonyl (C=O) groups excluding carboxylic acids is 2. The minimum absolute atomic E-state index is 0.0195. The van der Waals surface area contributed by atoms with Crippen LogP contribution in [0.4, 0.5) is 16.2 Å². The maximum Gasteiger partial charge on any atom is 0.326 e. The third-order valence-electron chi connectivity index (χ3n) is 6.07. The summed E-state index contributed by atoms with van der Waals surface area (Å²) < 4.78 is 26.2. The zero-order chi connectivity index (χ0) is 27.8. The molecular formula is C28H28N4O6S. The number of aliphatic carboxylic acids is 1. The van der Waals surface area contributed by atoms with Crippen LogP contribution in [0.3, 0.4) is 0 Å².